The summed E-state index contributed by atoms with van der Waals surface area (Å²) in [5, 5.41) is 15.9. The predicted molar refractivity (Wildman–Crippen MR) is 191 cm³/mol. The first kappa shape index (κ1) is 36.1. The van der Waals surface area contributed by atoms with E-state index in [0.717, 1.165) is 36.3 Å². The van der Waals surface area contributed by atoms with Crippen LogP contribution in [0.2, 0.25) is 0 Å². The summed E-state index contributed by atoms with van der Waals surface area (Å²) in [5.41, 5.74) is 2.33. The summed E-state index contributed by atoms with van der Waals surface area (Å²) in [4.78, 5) is 31.4. The molecule has 274 valence electrons. The number of carbonyl (C=O) groups is 2. The highest BCUT2D eigenvalue weighted by molar-refractivity contribution is 6.02. The lowest BCUT2D eigenvalue weighted by Crippen LogP contribution is -2.47. The Balaban J connectivity index is 1.20. The van der Waals surface area contributed by atoms with Gasteiger partial charge in [0.25, 0.3) is 5.91 Å². The van der Waals surface area contributed by atoms with Gasteiger partial charge < -0.3 is 49.1 Å². The number of urea groups is 1. The molecule has 3 aliphatic rings. The lowest BCUT2D eigenvalue weighted by atomic mass is 10.0. The maximum atomic E-state index is 14.5. The third kappa shape index (κ3) is 9.15. The Morgan fingerprint density at radius 1 is 0.902 bits per heavy atom. The van der Waals surface area contributed by atoms with Crippen LogP contribution < -0.4 is 34.3 Å². The van der Waals surface area contributed by atoms with Gasteiger partial charge in [-0.05, 0) is 88.2 Å². The van der Waals surface area contributed by atoms with Gasteiger partial charge in [0.1, 0.15) is 5.75 Å². The van der Waals surface area contributed by atoms with Crippen molar-refractivity contribution in [2.45, 2.75) is 64.8 Å². The van der Waals surface area contributed by atoms with Crippen molar-refractivity contribution in [2.24, 2.45) is 5.92 Å². The number of anilines is 2. The minimum atomic E-state index is -0.490. The fraction of sp³-hybridized carbons (Fsp3) is 0.474. The van der Waals surface area contributed by atoms with E-state index in [1.165, 1.54) is 0 Å². The molecule has 0 fully saturated rings. The maximum Gasteiger partial charge on any atom is 0.323 e. The number of amides is 3. The molecule has 0 spiro atoms. The SMILES string of the molecule is C[C@@H]1CN([C@H](C)CO)C(=O)c2cc(NC(=O)Nc3ccc4c(c3)OCO4)ccc2O[C@@H](C)CCCCO[C@H]1CN(C)Cc1ccc2c(c1)OCO2. The van der Waals surface area contributed by atoms with E-state index >= 15 is 0 Å². The lowest BCUT2D eigenvalue weighted by Gasteiger charge is -2.36. The molecule has 13 heteroatoms. The monoisotopic (exact) mass is 704 g/mol. The van der Waals surface area contributed by atoms with Crippen molar-refractivity contribution in [2.75, 3.05) is 57.6 Å². The van der Waals surface area contributed by atoms with Crippen LogP contribution in [0.15, 0.2) is 54.6 Å². The zero-order valence-corrected chi connectivity index (χ0v) is 29.7. The van der Waals surface area contributed by atoms with Gasteiger partial charge >= 0.3 is 6.03 Å². The Hall–Kier alpha value is -4.72. The summed E-state index contributed by atoms with van der Waals surface area (Å²) in [5.74, 6) is 2.69. The first-order valence-corrected chi connectivity index (χ1v) is 17.6. The summed E-state index contributed by atoms with van der Waals surface area (Å²) >= 11 is 0. The number of carbonyl (C=O) groups excluding carboxylic acids is 2. The summed E-state index contributed by atoms with van der Waals surface area (Å²) in [6, 6.07) is 15.2. The number of hydrogen-bond acceptors (Lipinski definition) is 10. The van der Waals surface area contributed by atoms with Crippen LogP contribution in [0.5, 0.6) is 28.7 Å². The van der Waals surface area contributed by atoms with Crippen molar-refractivity contribution >= 4 is 23.3 Å². The molecule has 3 aromatic carbocycles. The smallest absolute Gasteiger partial charge is 0.323 e. The Labute approximate surface area is 298 Å². The van der Waals surface area contributed by atoms with Gasteiger partial charge in [0.2, 0.25) is 13.6 Å². The predicted octanol–water partition coefficient (Wildman–Crippen LogP) is 5.72. The Kier molecular flexibility index (Phi) is 11.7. The highest BCUT2D eigenvalue weighted by Gasteiger charge is 2.31. The van der Waals surface area contributed by atoms with Crippen molar-refractivity contribution in [1.29, 1.82) is 0 Å². The van der Waals surface area contributed by atoms with Crippen LogP contribution >= 0.6 is 0 Å². The first-order chi connectivity index (χ1) is 24.7. The van der Waals surface area contributed by atoms with Crippen LogP contribution in [-0.4, -0.2) is 92.0 Å². The number of benzene rings is 3. The average Bonchev–Trinajstić information content (AvgIpc) is 3.78. The van der Waals surface area contributed by atoms with Gasteiger partial charge in [-0.2, -0.15) is 0 Å². The van der Waals surface area contributed by atoms with Gasteiger partial charge in [-0.25, -0.2) is 4.79 Å². The van der Waals surface area contributed by atoms with E-state index in [0.29, 0.717) is 60.4 Å². The molecule has 51 heavy (non-hydrogen) atoms. The molecule has 0 aromatic heterocycles. The fourth-order valence-electron chi connectivity index (χ4n) is 6.45. The summed E-state index contributed by atoms with van der Waals surface area (Å²) in [6.07, 6.45) is 2.18. The molecule has 6 rings (SSSR count). The highest BCUT2D eigenvalue weighted by atomic mass is 16.7. The number of fused-ring (bicyclic) bond motifs is 3. The molecular formula is C38H48N4O9. The van der Waals surface area contributed by atoms with E-state index in [4.69, 9.17) is 28.4 Å². The highest BCUT2D eigenvalue weighted by Crippen LogP contribution is 2.35. The molecule has 3 amide bonds. The first-order valence-electron chi connectivity index (χ1n) is 17.6. The second-order valence-electron chi connectivity index (χ2n) is 13.5. The maximum absolute atomic E-state index is 14.5. The minimum Gasteiger partial charge on any atom is -0.490 e. The van der Waals surface area contributed by atoms with Crippen LogP contribution in [0.3, 0.4) is 0 Å². The second kappa shape index (κ2) is 16.5. The van der Waals surface area contributed by atoms with Gasteiger partial charge in [-0.3, -0.25) is 9.69 Å². The third-order valence-electron chi connectivity index (χ3n) is 9.32. The van der Waals surface area contributed by atoms with Crippen LogP contribution in [0.1, 0.15) is 56.0 Å². The van der Waals surface area contributed by atoms with Crippen molar-refractivity contribution in [3.63, 3.8) is 0 Å². The molecule has 0 unspecified atom stereocenters. The summed E-state index contributed by atoms with van der Waals surface area (Å²) < 4.78 is 34.7. The van der Waals surface area contributed by atoms with Crippen molar-refractivity contribution in [3.8, 4) is 28.7 Å². The van der Waals surface area contributed by atoms with E-state index in [1.807, 2.05) is 32.0 Å². The lowest BCUT2D eigenvalue weighted by molar-refractivity contribution is -0.0177. The number of ether oxygens (including phenoxy) is 6. The molecule has 0 radical (unpaired) electrons. The van der Waals surface area contributed by atoms with Crippen molar-refractivity contribution in [3.05, 3.63) is 65.7 Å². The van der Waals surface area contributed by atoms with E-state index in [2.05, 4.69) is 29.5 Å². The Morgan fingerprint density at radius 3 is 2.27 bits per heavy atom. The molecule has 0 saturated heterocycles. The molecule has 13 nitrogen and oxygen atoms in total. The number of aliphatic hydroxyl groups is 1. The average molecular weight is 705 g/mol. The molecule has 3 aliphatic heterocycles. The van der Waals surface area contributed by atoms with Crippen LogP contribution in [0, 0.1) is 5.92 Å². The van der Waals surface area contributed by atoms with Gasteiger partial charge in [0.15, 0.2) is 23.0 Å². The molecule has 0 aliphatic carbocycles. The molecule has 3 N–H and O–H groups in total. The number of rotatable bonds is 8. The minimum absolute atomic E-state index is 0.0813. The Morgan fingerprint density at radius 2 is 1.55 bits per heavy atom. The van der Waals surface area contributed by atoms with E-state index in [1.54, 1.807) is 41.3 Å². The van der Waals surface area contributed by atoms with Gasteiger partial charge in [-0.1, -0.05) is 13.0 Å². The molecule has 4 atom stereocenters. The van der Waals surface area contributed by atoms with Gasteiger partial charge in [0, 0.05) is 49.6 Å². The van der Waals surface area contributed by atoms with Crippen molar-refractivity contribution in [1.82, 2.24) is 9.80 Å². The fourth-order valence-corrected chi connectivity index (χ4v) is 6.45. The quantitative estimate of drug-likeness (QED) is 0.267. The largest absolute Gasteiger partial charge is 0.490 e. The number of nitrogens with zero attached hydrogens (tertiary/aromatic N) is 2. The van der Waals surface area contributed by atoms with E-state index in [-0.39, 0.29) is 44.2 Å². The van der Waals surface area contributed by atoms with Gasteiger partial charge in [-0.15, -0.1) is 0 Å². The number of aliphatic hydroxyl groups excluding tert-OH is 1. The van der Waals surface area contributed by atoms with Crippen molar-refractivity contribution < 1.29 is 43.1 Å². The topological polar surface area (TPSA) is 140 Å². The normalized spacial score (nSPS) is 21.0. The Bertz CT molecular complexity index is 1690. The third-order valence-corrected chi connectivity index (χ3v) is 9.32. The standard InChI is InChI=1S/C38H48N4O9/c1-24-18-42(25(2)21-43)37(44)30-16-28(39-38(45)40-29-10-13-33-35(17-29)50-23-48-33)9-12-31(30)51-26(3)7-5-6-14-46-36(24)20-41(4)19-27-8-11-32-34(15-27)49-22-47-32/h8-13,15-17,24-26,36,43H,5-7,14,18-23H2,1-4H3,(H2,39,40,45)/t24-,25-,26+,36+/m1/s1. The van der Waals surface area contributed by atoms with Crippen LogP contribution in [-0.2, 0) is 11.3 Å². The summed E-state index contributed by atoms with van der Waals surface area (Å²) in [7, 11) is 2.05. The second-order valence-corrected chi connectivity index (χ2v) is 13.5. The van der Waals surface area contributed by atoms with E-state index in [9.17, 15) is 14.7 Å². The zero-order chi connectivity index (χ0) is 35.9. The number of nitrogens with one attached hydrogen (secondary N) is 2. The molecular weight excluding hydrogens is 656 g/mol. The molecule has 3 heterocycles. The van der Waals surface area contributed by atoms with Gasteiger partial charge in [0.05, 0.1) is 30.4 Å². The van der Waals surface area contributed by atoms with E-state index < -0.39 is 12.1 Å². The molecule has 3 aromatic rings. The molecule has 0 saturated carbocycles. The summed E-state index contributed by atoms with van der Waals surface area (Å²) in [6.45, 7) is 8.25. The zero-order valence-electron chi connectivity index (χ0n) is 29.7. The van der Waals surface area contributed by atoms with Crippen LogP contribution in [0.25, 0.3) is 0 Å². The number of hydrogen-bond donors (Lipinski definition) is 3. The van der Waals surface area contributed by atoms with Crippen LogP contribution in [0.4, 0.5) is 16.2 Å². The molecule has 0 bridgehead atoms. The number of likely N-dealkylation sites (N-methyl/N-ethyl adjacent to an activating group) is 1.